The summed E-state index contributed by atoms with van der Waals surface area (Å²) in [7, 11) is 1.97. The molecule has 0 unspecified atom stereocenters. The molecule has 1 rings (SSSR count). The van der Waals surface area contributed by atoms with Crippen molar-refractivity contribution in [3.8, 4) is 0 Å². The van der Waals surface area contributed by atoms with Crippen LogP contribution in [-0.2, 0) is 13.6 Å². The molecule has 0 aromatic carbocycles. The molecular weight excluding hydrogens is 282 g/mol. The van der Waals surface area contributed by atoms with Crippen LogP contribution in [0.2, 0.25) is 0 Å². The lowest BCUT2D eigenvalue weighted by Gasteiger charge is -2.26. The van der Waals surface area contributed by atoms with Crippen LogP contribution < -0.4 is 0 Å². The maximum Gasteiger partial charge on any atom is 0.0739 e. The minimum atomic E-state index is 0.245. The Morgan fingerprint density at radius 3 is 2.53 bits per heavy atom. The number of rotatable bonds is 6. The van der Waals surface area contributed by atoms with E-state index in [-0.39, 0.29) is 6.61 Å². The fraction of sp³-hybridized carbons (Fsp3) is 0.750. The van der Waals surface area contributed by atoms with Crippen LogP contribution in [0.4, 0.5) is 0 Å². The van der Waals surface area contributed by atoms with Crippen LogP contribution in [0.15, 0.2) is 4.47 Å². The van der Waals surface area contributed by atoms with E-state index in [0.717, 1.165) is 29.7 Å². The van der Waals surface area contributed by atoms with Gasteiger partial charge < -0.3 is 5.11 Å². The van der Waals surface area contributed by atoms with Gasteiger partial charge in [0.1, 0.15) is 0 Å². The van der Waals surface area contributed by atoms with Crippen LogP contribution >= 0.6 is 15.9 Å². The highest BCUT2D eigenvalue weighted by molar-refractivity contribution is 9.10. The molecule has 1 N–H and O–H groups in total. The molecule has 0 atom stereocenters. The third kappa shape index (κ3) is 3.79. The summed E-state index contributed by atoms with van der Waals surface area (Å²) in [5.41, 5.74) is 2.21. The first-order valence-electron chi connectivity index (χ1n) is 6.00. The Morgan fingerprint density at radius 2 is 2.12 bits per heavy atom. The summed E-state index contributed by atoms with van der Waals surface area (Å²) in [5, 5.41) is 13.3. The van der Waals surface area contributed by atoms with Crippen molar-refractivity contribution in [1.29, 1.82) is 0 Å². The Balaban J connectivity index is 2.78. The minimum absolute atomic E-state index is 0.245. The second-order valence-electron chi connectivity index (χ2n) is 4.61. The molecule has 4 nitrogen and oxygen atoms in total. The first-order valence-corrected chi connectivity index (χ1v) is 6.79. The monoisotopic (exact) mass is 303 g/mol. The Labute approximate surface area is 112 Å². The summed E-state index contributed by atoms with van der Waals surface area (Å²) in [6, 6.07) is 0.462. The van der Waals surface area contributed by atoms with Gasteiger partial charge in [0.25, 0.3) is 0 Å². The number of aryl methyl sites for hydroxylation is 2. The number of hydrogen-bond donors (Lipinski definition) is 1. The van der Waals surface area contributed by atoms with E-state index in [9.17, 15) is 0 Å². The summed E-state index contributed by atoms with van der Waals surface area (Å²) < 4.78 is 3.02. The van der Waals surface area contributed by atoms with E-state index in [1.807, 2.05) is 18.7 Å². The van der Waals surface area contributed by atoms with Crippen molar-refractivity contribution in [2.24, 2.45) is 7.05 Å². The van der Waals surface area contributed by atoms with Gasteiger partial charge in [-0.15, -0.1) is 0 Å². The molecule has 98 valence electrons. The molecule has 0 saturated carbocycles. The van der Waals surface area contributed by atoms with Crippen LogP contribution in [0.25, 0.3) is 0 Å². The molecule has 0 aliphatic heterocycles. The molecule has 5 heteroatoms. The van der Waals surface area contributed by atoms with Crippen LogP contribution in [0, 0.1) is 6.92 Å². The zero-order valence-electron chi connectivity index (χ0n) is 11.1. The van der Waals surface area contributed by atoms with E-state index >= 15 is 0 Å². The molecule has 17 heavy (non-hydrogen) atoms. The minimum Gasteiger partial charge on any atom is -0.396 e. The van der Waals surface area contributed by atoms with E-state index < -0.39 is 0 Å². The van der Waals surface area contributed by atoms with Crippen molar-refractivity contribution < 1.29 is 5.11 Å². The van der Waals surface area contributed by atoms with Gasteiger partial charge >= 0.3 is 0 Å². The number of nitrogens with zero attached hydrogens (tertiary/aromatic N) is 3. The van der Waals surface area contributed by atoms with Gasteiger partial charge in [0.05, 0.1) is 15.9 Å². The standard InChI is InChI=1S/C12H22BrN3O/c1-9(2)16(6-5-7-17)8-11-12(13)10(3)14-15(11)4/h9,17H,5-8H2,1-4H3. The quantitative estimate of drug-likeness (QED) is 0.875. The van der Waals surface area contributed by atoms with Gasteiger partial charge in [0.15, 0.2) is 0 Å². The lowest BCUT2D eigenvalue weighted by Crippen LogP contribution is -2.32. The average molecular weight is 304 g/mol. The molecule has 0 radical (unpaired) electrons. The van der Waals surface area contributed by atoms with Crippen LogP contribution in [-0.4, -0.2) is 39.0 Å². The number of hydrogen-bond acceptors (Lipinski definition) is 3. The summed E-state index contributed by atoms with van der Waals surface area (Å²) in [6.45, 7) is 8.36. The molecule has 1 aromatic rings. The fourth-order valence-corrected chi connectivity index (χ4v) is 2.30. The van der Waals surface area contributed by atoms with Crippen molar-refractivity contribution in [1.82, 2.24) is 14.7 Å². The predicted octanol–water partition coefficient (Wildman–Crippen LogP) is 2.08. The molecule has 0 bridgehead atoms. The molecule has 0 aliphatic rings. The van der Waals surface area contributed by atoms with Gasteiger partial charge in [-0.05, 0) is 43.1 Å². The van der Waals surface area contributed by atoms with Crippen molar-refractivity contribution in [2.75, 3.05) is 13.2 Å². The zero-order valence-corrected chi connectivity index (χ0v) is 12.7. The first-order chi connectivity index (χ1) is 7.97. The number of aliphatic hydroxyl groups is 1. The molecule has 1 heterocycles. The molecule has 0 spiro atoms. The van der Waals surface area contributed by atoms with Gasteiger partial charge in [-0.1, -0.05) is 0 Å². The van der Waals surface area contributed by atoms with E-state index in [2.05, 4.69) is 39.8 Å². The highest BCUT2D eigenvalue weighted by Crippen LogP contribution is 2.22. The van der Waals surface area contributed by atoms with Crippen LogP contribution in [0.5, 0.6) is 0 Å². The number of halogens is 1. The third-order valence-electron chi connectivity index (χ3n) is 2.95. The largest absolute Gasteiger partial charge is 0.396 e. The van der Waals surface area contributed by atoms with Crippen LogP contribution in [0.1, 0.15) is 31.7 Å². The average Bonchev–Trinajstić information content (AvgIpc) is 2.49. The summed E-state index contributed by atoms with van der Waals surface area (Å²) in [4.78, 5) is 2.34. The Kier molecular flexibility index (Phi) is 5.62. The summed E-state index contributed by atoms with van der Waals surface area (Å²) >= 11 is 3.59. The summed E-state index contributed by atoms with van der Waals surface area (Å²) in [6.07, 6.45) is 0.812. The molecule has 0 aliphatic carbocycles. The maximum atomic E-state index is 8.92. The van der Waals surface area contributed by atoms with E-state index in [0.29, 0.717) is 6.04 Å². The zero-order chi connectivity index (χ0) is 13.0. The van der Waals surface area contributed by atoms with Crippen LogP contribution in [0.3, 0.4) is 0 Å². The second-order valence-corrected chi connectivity index (χ2v) is 5.40. The van der Waals surface area contributed by atoms with Crippen molar-refractivity contribution in [3.63, 3.8) is 0 Å². The Morgan fingerprint density at radius 1 is 1.47 bits per heavy atom. The summed E-state index contributed by atoms with van der Waals surface area (Å²) in [5.74, 6) is 0. The third-order valence-corrected chi connectivity index (χ3v) is 3.98. The van der Waals surface area contributed by atoms with E-state index in [4.69, 9.17) is 5.11 Å². The number of aromatic nitrogens is 2. The SMILES string of the molecule is Cc1nn(C)c(CN(CCCO)C(C)C)c1Br. The van der Waals surface area contributed by atoms with Gasteiger partial charge in [0, 0.05) is 32.8 Å². The van der Waals surface area contributed by atoms with Gasteiger partial charge in [-0.3, -0.25) is 9.58 Å². The molecular formula is C12H22BrN3O. The van der Waals surface area contributed by atoms with Crippen molar-refractivity contribution in [3.05, 3.63) is 15.9 Å². The number of aliphatic hydroxyl groups excluding tert-OH is 1. The van der Waals surface area contributed by atoms with E-state index in [1.165, 1.54) is 5.69 Å². The van der Waals surface area contributed by atoms with Crippen molar-refractivity contribution >= 4 is 15.9 Å². The second kappa shape index (κ2) is 6.52. The Hall–Kier alpha value is -0.390. The maximum absolute atomic E-state index is 8.92. The molecule has 0 fully saturated rings. The smallest absolute Gasteiger partial charge is 0.0739 e. The van der Waals surface area contributed by atoms with E-state index in [1.54, 1.807) is 0 Å². The predicted molar refractivity (Wildman–Crippen MR) is 72.9 cm³/mol. The lowest BCUT2D eigenvalue weighted by atomic mass is 10.2. The van der Waals surface area contributed by atoms with Gasteiger partial charge in [-0.25, -0.2) is 0 Å². The van der Waals surface area contributed by atoms with Gasteiger partial charge in [0.2, 0.25) is 0 Å². The molecule has 1 aromatic heterocycles. The lowest BCUT2D eigenvalue weighted by molar-refractivity contribution is 0.181. The molecule has 0 amide bonds. The van der Waals surface area contributed by atoms with Crippen molar-refractivity contribution in [2.45, 2.75) is 39.8 Å². The Bertz CT molecular complexity index is 363. The fourth-order valence-electron chi connectivity index (χ4n) is 1.84. The molecule has 0 saturated heterocycles. The highest BCUT2D eigenvalue weighted by Gasteiger charge is 2.16. The van der Waals surface area contributed by atoms with Gasteiger partial charge in [-0.2, -0.15) is 5.10 Å². The normalized spacial score (nSPS) is 11.8. The first kappa shape index (κ1) is 14.7. The topological polar surface area (TPSA) is 41.3 Å². The highest BCUT2D eigenvalue weighted by atomic mass is 79.9.